The van der Waals surface area contributed by atoms with Crippen LogP contribution in [0.25, 0.3) is 0 Å². The largest absolute Gasteiger partial charge is 0.497 e. The predicted molar refractivity (Wildman–Crippen MR) is 120 cm³/mol. The van der Waals surface area contributed by atoms with E-state index in [1.807, 2.05) is 24.3 Å². The second-order valence-corrected chi connectivity index (χ2v) is 7.75. The number of ether oxygens (including phenoxy) is 1. The van der Waals surface area contributed by atoms with Crippen LogP contribution in [-0.2, 0) is 20.8 Å². The van der Waals surface area contributed by atoms with Crippen LogP contribution in [0.1, 0.15) is 31.7 Å². The summed E-state index contributed by atoms with van der Waals surface area (Å²) >= 11 is 0. The van der Waals surface area contributed by atoms with Gasteiger partial charge in [0.2, 0.25) is 11.8 Å². The van der Waals surface area contributed by atoms with E-state index in [0.29, 0.717) is 17.1 Å². The lowest BCUT2D eigenvalue weighted by atomic mass is 10.1. The molecule has 1 atom stereocenters. The Kier molecular flexibility index (Phi) is 7.41. The van der Waals surface area contributed by atoms with Crippen molar-refractivity contribution < 1.29 is 19.1 Å². The number of carbonyl (C=O) groups excluding carboxylic acids is 3. The quantitative estimate of drug-likeness (QED) is 0.627. The van der Waals surface area contributed by atoms with Crippen LogP contribution in [0.4, 0.5) is 11.4 Å². The van der Waals surface area contributed by atoms with Crippen LogP contribution in [0.2, 0.25) is 0 Å². The van der Waals surface area contributed by atoms with Gasteiger partial charge in [0.05, 0.1) is 31.8 Å². The van der Waals surface area contributed by atoms with Crippen LogP contribution in [0, 0.1) is 0 Å². The lowest BCUT2D eigenvalue weighted by Gasteiger charge is -2.22. The molecule has 164 valence electrons. The Bertz CT molecular complexity index is 942. The molecule has 0 aromatic heterocycles. The second-order valence-electron chi connectivity index (χ2n) is 7.75. The molecule has 31 heavy (non-hydrogen) atoms. The van der Waals surface area contributed by atoms with E-state index in [2.05, 4.69) is 12.2 Å². The minimum Gasteiger partial charge on any atom is -0.497 e. The van der Waals surface area contributed by atoms with Gasteiger partial charge in [0.1, 0.15) is 5.75 Å². The Morgan fingerprint density at radius 2 is 1.94 bits per heavy atom. The first-order valence-electron chi connectivity index (χ1n) is 10.5. The minimum absolute atomic E-state index is 0.00923. The fraction of sp³-hybridized carbons (Fsp3) is 0.375. The van der Waals surface area contributed by atoms with Gasteiger partial charge in [-0.2, -0.15) is 0 Å². The summed E-state index contributed by atoms with van der Waals surface area (Å²) in [5.74, 6) is -0.187. The molecule has 0 radical (unpaired) electrons. The summed E-state index contributed by atoms with van der Waals surface area (Å²) in [6.07, 6.45) is 3.25. The van der Waals surface area contributed by atoms with Crippen molar-refractivity contribution >= 4 is 29.1 Å². The lowest BCUT2D eigenvalue weighted by Crippen LogP contribution is -2.43. The van der Waals surface area contributed by atoms with Crippen LogP contribution in [0.15, 0.2) is 48.5 Å². The standard InChI is InChI=1S/C24H29N3O4/c1-4-5-7-17-10-12-19(13-11-17)27-23(29)15-21(24(27)30)26(2)16-22(28)25-18-8-6-9-20(14-18)31-3/h6,8-14,21H,4-5,7,15-16H2,1-3H3,(H,25,28). The third-order valence-electron chi connectivity index (χ3n) is 5.41. The molecule has 0 bridgehead atoms. The van der Waals surface area contributed by atoms with E-state index in [9.17, 15) is 14.4 Å². The molecule has 2 aromatic rings. The maximum absolute atomic E-state index is 13.0. The van der Waals surface area contributed by atoms with E-state index in [4.69, 9.17) is 4.74 Å². The van der Waals surface area contributed by atoms with Gasteiger partial charge in [-0.05, 0) is 49.7 Å². The van der Waals surface area contributed by atoms with E-state index in [1.54, 1.807) is 43.3 Å². The fourth-order valence-corrected chi connectivity index (χ4v) is 3.66. The minimum atomic E-state index is -0.664. The van der Waals surface area contributed by atoms with Crippen molar-refractivity contribution in [2.24, 2.45) is 0 Å². The van der Waals surface area contributed by atoms with Crippen molar-refractivity contribution in [3.05, 3.63) is 54.1 Å². The van der Waals surface area contributed by atoms with Gasteiger partial charge < -0.3 is 10.1 Å². The number of nitrogens with one attached hydrogen (secondary N) is 1. The first-order valence-corrected chi connectivity index (χ1v) is 10.5. The molecule has 2 aromatic carbocycles. The monoisotopic (exact) mass is 423 g/mol. The van der Waals surface area contributed by atoms with Gasteiger partial charge in [-0.1, -0.05) is 31.5 Å². The molecule has 0 saturated carbocycles. The number of methoxy groups -OCH3 is 1. The van der Waals surface area contributed by atoms with Gasteiger partial charge in [-0.25, -0.2) is 4.90 Å². The molecule has 3 amide bonds. The first-order chi connectivity index (χ1) is 14.9. The Balaban J connectivity index is 1.62. The van der Waals surface area contributed by atoms with Gasteiger partial charge in [0.15, 0.2) is 0 Å². The number of likely N-dealkylation sites (N-methyl/N-ethyl adjacent to an activating group) is 1. The van der Waals surface area contributed by atoms with E-state index in [-0.39, 0.29) is 30.7 Å². The van der Waals surface area contributed by atoms with Gasteiger partial charge >= 0.3 is 0 Å². The van der Waals surface area contributed by atoms with E-state index < -0.39 is 6.04 Å². The van der Waals surface area contributed by atoms with Gasteiger partial charge in [-0.15, -0.1) is 0 Å². The predicted octanol–water partition coefficient (Wildman–Crippen LogP) is 3.24. The summed E-state index contributed by atoms with van der Waals surface area (Å²) in [6, 6.07) is 13.9. The average molecular weight is 424 g/mol. The van der Waals surface area contributed by atoms with Crippen LogP contribution < -0.4 is 15.0 Å². The zero-order chi connectivity index (χ0) is 22.4. The number of benzene rings is 2. The number of imide groups is 1. The topological polar surface area (TPSA) is 79.0 Å². The summed E-state index contributed by atoms with van der Waals surface area (Å²) in [4.78, 5) is 40.8. The molecular formula is C24H29N3O4. The van der Waals surface area contributed by atoms with Crippen LogP contribution in [0.5, 0.6) is 5.75 Å². The molecule has 1 aliphatic rings. The molecule has 7 heteroatoms. The number of rotatable bonds is 9. The summed E-state index contributed by atoms with van der Waals surface area (Å²) in [5, 5.41) is 2.79. The highest BCUT2D eigenvalue weighted by Gasteiger charge is 2.42. The number of amides is 3. The average Bonchev–Trinajstić information content (AvgIpc) is 3.06. The highest BCUT2D eigenvalue weighted by molar-refractivity contribution is 6.22. The summed E-state index contributed by atoms with van der Waals surface area (Å²) in [5.41, 5.74) is 2.37. The molecule has 3 rings (SSSR count). The van der Waals surface area contributed by atoms with Crippen molar-refractivity contribution in [1.29, 1.82) is 0 Å². The fourth-order valence-electron chi connectivity index (χ4n) is 3.66. The molecule has 1 unspecified atom stereocenters. The summed E-state index contributed by atoms with van der Waals surface area (Å²) in [6.45, 7) is 2.13. The number of unbranched alkanes of at least 4 members (excludes halogenated alkanes) is 1. The summed E-state index contributed by atoms with van der Waals surface area (Å²) in [7, 11) is 3.24. The normalized spacial score (nSPS) is 16.1. The molecule has 0 spiro atoms. The number of carbonyl (C=O) groups is 3. The Morgan fingerprint density at radius 3 is 2.61 bits per heavy atom. The van der Waals surface area contributed by atoms with Crippen molar-refractivity contribution in [2.75, 3.05) is 30.9 Å². The number of aryl methyl sites for hydroxylation is 1. The Labute approximate surface area is 183 Å². The van der Waals surface area contributed by atoms with Crippen molar-refractivity contribution in [1.82, 2.24) is 4.90 Å². The zero-order valence-corrected chi connectivity index (χ0v) is 18.3. The molecule has 1 heterocycles. The van der Waals surface area contributed by atoms with Crippen LogP contribution >= 0.6 is 0 Å². The third-order valence-corrected chi connectivity index (χ3v) is 5.41. The van der Waals surface area contributed by atoms with Crippen LogP contribution in [-0.4, -0.2) is 49.4 Å². The number of hydrogen-bond acceptors (Lipinski definition) is 5. The molecule has 1 saturated heterocycles. The number of anilines is 2. The molecule has 1 aliphatic heterocycles. The molecule has 1 fully saturated rings. The lowest BCUT2D eigenvalue weighted by molar-refractivity contribution is -0.123. The maximum Gasteiger partial charge on any atom is 0.251 e. The maximum atomic E-state index is 13.0. The van der Waals surface area contributed by atoms with Gasteiger partial charge in [0.25, 0.3) is 5.91 Å². The van der Waals surface area contributed by atoms with Crippen LogP contribution in [0.3, 0.4) is 0 Å². The van der Waals surface area contributed by atoms with Crippen molar-refractivity contribution in [3.63, 3.8) is 0 Å². The van der Waals surface area contributed by atoms with E-state index in [0.717, 1.165) is 19.3 Å². The van der Waals surface area contributed by atoms with Crippen molar-refractivity contribution in [2.45, 2.75) is 38.6 Å². The van der Waals surface area contributed by atoms with Gasteiger partial charge in [0, 0.05) is 11.8 Å². The second kappa shape index (κ2) is 10.2. The van der Waals surface area contributed by atoms with Gasteiger partial charge in [-0.3, -0.25) is 19.3 Å². The SMILES string of the molecule is CCCCc1ccc(N2C(=O)CC(N(C)CC(=O)Nc3cccc(OC)c3)C2=O)cc1. The highest BCUT2D eigenvalue weighted by atomic mass is 16.5. The Hall–Kier alpha value is -3.19. The number of nitrogens with zero attached hydrogens (tertiary/aromatic N) is 2. The molecule has 1 N–H and O–H groups in total. The number of hydrogen-bond donors (Lipinski definition) is 1. The Morgan fingerprint density at radius 1 is 1.19 bits per heavy atom. The zero-order valence-electron chi connectivity index (χ0n) is 18.3. The van der Waals surface area contributed by atoms with E-state index in [1.165, 1.54) is 10.5 Å². The molecule has 7 nitrogen and oxygen atoms in total. The highest BCUT2D eigenvalue weighted by Crippen LogP contribution is 2.26. The van der Waals surface area contributed by atoms with Crippen molar-refractivity contribution in [3.8, 4) is 5.75 Å². The van der Waals surface area contributed by atoms with E-state index >= 15 is 0 Å². The summed E-state index contributed by atoms with van der Waals surface area (Å²) < 4.78 is 5.16. The molecule has 0 aliphatic carbocycles. The molecular weight excluding hydrogens is 394 g/mol. The first kappa shape index (κ1) is 22.5. The third kappa shape index (κ3) is 5.49. The smallest absolute Gasteiger partial charge is 0.251 e.